The number of halogens is 2. The molecule has 2 N–H and O–H groups in total. The van der Waals surface area contributed by atoms with E-state index in [4.69, 9.17) is 17.3 Å². The van der Waals surface area contributed by atoms with Crippen LogP contribution in [0, 0.1) is 5.82 Å². The number of benzene rings is 1. The molecule has 1 aromatic heterocycles. The van der Waals surface area contributed by atoms with Crippen LogP contribution in [-0.4, -0.2) is 9.97 Å². The van der Waals surface area contributed by atoms with Gasteiger partial charge in [0.1, 0.15) is 10.8 Å². The molecule has 88 valence electrons. The molecule has 0 radical (unpaired) electrons. The average Bonchev–Trinajstić information content (AvgIpc) is 2.32. The molecule has 6 heteroatoms. The van der Waals surface area contributed by atoms with Crippen LogP contribution >= 0.6 is 23.4 Å². The molecule has 0 atom stereocenters. The van der Waals surface area contributed by atoms with Crippen LogP contribution in [0.3, 0.4) is 0 Å². The van der Waals surface area contributed by atoms with E-state index in [1.807, 2.05) is 0 Å². The van der Waals surface area contributed by atoms with E-state index in [0.29, 0.717) is 16.6 Å². The summed E-state index contributed by atoms with van der Waals surface area (Å²) < 4.78 is 13.2. The predicted octanol–water partition coefficient (Wildman–Crippen LogP) is 3.14. The summed E-state index contributed by atoms with van der Waals surface area (Å²) in [6.45, 7) is 0. The first-order valence-corrected chi connectivity index (χ1v) is 6.16. The monoisotopic (exact) mass is 269 g/mol. The molecular formula is C11H9ClFN3S. The lowest BCUT2D eigenvalue weighted by molar-refractivity contribution is 0.627. The summed E-state index contributed by atoms with van der Waals surface area (Å²) in [6, 6.07) is 4.71. The first-order valence-electron chi connectivity index (χ1n) is 4.80. The number of nitrogens with zero attached hydrogens (tertiary/aromatic N) is 2. The van der Waals surface area contributed by atoms with E-state index in [2.05, 4.69) is 9.97 Å². The minimum atomic E-state index is -0.420. The minimum Gasteiger partial charge on any atom is -0.381 e. The summed E-state index contributed by atoms with van der Waals surface area (Å²) in [7, 11) is 0. The largest absolute Gasteiger partial charge is 0.381 e. The zero-order valence-electron chi connectivity index (χ0n) is 8.73. The van der Waals surface area contributed by atoms with Crippen LogP contribution in [0.25, 0.3) is 0 Å². The fourth-order valence-electron chi connectivity index (χ4n) is 1.23. The smallest absolute Gasteiger partial charge is 0.156 e. The van der Waals surface area contributed by atoms with Crippen molar-refractivity contribution in [3.05, 3.63) is 47.0 Å². The Morgan fingerprint density at radius 3 is 2.76 bits per heavy atom. The first-order chi connectivity index (χ1) is 8.16. The Kier molecular flexibility index (Phi) is 3.81. The molecule has 2 rings (SSSR count). The van der Waals surface area contributed by atoms with E-state index in [1.165, 1.54) is 30.1 Å². The van der Waals surface area contributed by atoms with Crippen LogP contribution in [0.15, 0.2) is 35.6 Å². The molecule has 1 heterocycles. The second kappa shape index (κ2) is 5.33. The van der Waals surface area contributed by atoms with E-state index in [9.17, 15) is 4.39 Å². The van der Waals surface area contributed by atoms with Gasteiger partial charge in [0, 0.05) is 18.1 Å². The van der Waals surface area contributed by atoms with Gasteiger partial charge in [-0.25, -0.2) is 14.4 Å². The lowest BCUT2D eigenvalue weighted by Gasteiger charge is -2.03. The van der Waals surface area contributed by atoms with Gasteiger partial charge in [-0.2, -0.15) is 0 Å². The molecule has 0 saturated carbocycles. The molecule has 0 spiro atoms. The van der Waals surface area contributed by atoms with Gasteiger partial charge in [-0.15, -0.1) is 0 Å². The topological polar surface area (TPSA) is 51.8 Å². The molecule has 1 aromatic carbocycles. The molecule has 0 aliphatic rings. The summed E-state index contributed by atoms with van der Waals surface area (Å²) >= 11 is 7.01. The lowest BCUT2D eigenvalue weighted by atomic mass is 10.2. The third-order valence-corrected chi connectivity index (χ3v) is 3.42. The van der Waals surface area contributed by atoms with Crippen LogP contribution < -0.4 is 5.73 Å². The van der Waals surface area contributed by atoms with E-state index >= 15 is 0 Å². The van der Waals surface area contributed by atoms with Crippen molar-refractivity contribution >= 4 is 29.2 Å². The molecule has 17 heavy (non-hydrogen) atoms. The maximum Gasteiger partial charge on any atom is 0.156 e. The van der Waals surface area contributed by atoms with Crippen molar-refractivity contribution in [2.45, 2.75) is 10.8 Å². The van der Waals surface area contributed by atoms with E-state index < -0.39 is 5.82 Å². The number of nitrogen functional groups attached to an aromatic ring is 1. The van der Waals surface area contributed by atoms with Gasteiger partial charge in [-0.05, 0) is 17.7 Å². The van der Waals surface area contributed by atoms with Gasteiger partial charge in [-0.1, -0.05) is 29.4 Å². The summed E-state index contributed by atoms with van der Waals surface area (Å²) in [4.78, 5) is 8.01. The summed E-state index contributed by atoms with van der Waals surface area (Å²) in [5, 5.41) is 0.764. The van der Waals surface area contributed by atoms with Crippen molar-refractivity contribution < 1.29 is 4.39 Å². The second-order valence-corrected chi connectivity index (χ2v) is 4.66. The highest BCUT2D eigenvalue weighted by Crippen LogP contribution is 2.25. The number of nitrogens with two attached hydrogens (primary N) is 1. The average molecular weight is 270 g/mol. The van der Waals surface area contributed by atoms with Gasteiger partial charge in [0.05, 0.1) is 5.02 Å². The fourth-order valence-corrected chi connectivity index (χ4v) is 2.16. The maximum absolute atomic E-state index is 13.2. The van der Waals surface area contributed by atoms with E-state index in [1.54, 1.807) is 12.3 Å². The molecule has 3 nitrogen and oxygen atoms in total. The third kappa shape index (κ3) is 3.08. The van der Waals surface area contributed by atoms with Crippen LogP contribution in [0.5, 0.6) is 0 Å². The summed E-state index contributed by atoms with van der Waals surface area (Å²) in [6.07, 6.45) is 3.10. The van der Waals surface area contributed by atoms with E-state index in [-0.39, 0.29) is 5.02 Å². The molecule has 0 saturated heterocycles. The Bertz CT molecular complexity index is 536. The van der Waals surface area contributed by atoms with Crippen LogP contribution in [-0.2, 0) is 5.75 Å². The lowest BCUT2D eigenvalue weighted by Crippen LogP contribution is -1.95. The van der Waals surface area contributed by atoms with Crippen molar-refractivity contribution in [2.24, 2.45) is 0 Å². The molecule has 2 aromatic rings. The Labute approximate surface area is 107 Å². The normalized spacial score (nSPS) is 10.5. The van der Waals surface area contributed by atoms with Crippen molar-refractivity contribution in [1.82, 2.24) is 9.97 Å². The van der Waals surface area contributed by atoms with Crippen molar-refractivity contribution in [3.8, 4) is 0 Å². The highest BCUT2D eigenvalue weighted by molar-refractivity contribution is 7.98. The van der Waals surface area contributed by atoms with Gasteiger partial charge < -0.3 is 5.73 Å². The highest BCUT2D eigenvalue weighted by atomic mass is 35.5. The number of hydrogen-bond donors (Lipinski definition) is 1. The zero-order chi connectivity index (χ0) is 12.3. The molecule has 0 amide bonds. The standard InChI is InChI=1S/C11H9ClFN3S/c12-8-2-1-7(5-9(8)13)6-17-11-10(14)15-3-4-16-11/h1-5H,6H2,(H2,14,15). The second-order valence-electron chi connectivity index (χ2n) is 3.28. The number of rotatable bonds is 3. The van der Waals surface area contributed by atoms with Crippen LogP contribution in [0.4, 0.5) is 10.2 Å². The Hall–Kier alpha value is -1.33. The van der Waals surface area contributed by atoms with Crippen molar-refractivity contribution in [3.63, 3.8) is 0 Å². The molecule has 0 aliphatic carbocycles. The Morgan fingerprint density at radius 2 is 2.06 bits per heavy atom. The van der Waals surface area contributed by atoms with Crippen molar-refractivity contribution in [2.75, 3.05) is 5.73 Å². The van der Waals surface area contributed by atoms with Gasteiger partial charge in [0.2, 0.25) is 0 Å². The van der Waals surface area contributed by atoms with Crippen LogP contribution in [0.2, 0.25) is 5.02 Å². The number of thioether (sulfide) groups is 1. The first kappa shape index (κ1) is 12.1. The third-order valence-electron chi connectivity index (χ3n) is 2.05. The Balaban J connectivity index is 2.08. The molecule has 0 bridgehead atoms. The molecule has 0 aliphatic heterocycles. The fraction of sp³-hybridized carbons (Fsp3) is 0.0909. The summed E-state index contributed by atoms with van der Waals surface area (Å²) in [5.74, 6) is 0.528. The van der Waals surface area contributed by atoms with Gasteiger partial charge in [0.25, 0.3) is 0 Å². The molecular weight excluding hydrogens is 261 g/mol. The zero-order valence-corrected chi connectivity index (χ0v) is 10.3. The highest BCUT2D eigenvalue weighted by Gasteiger charge is 2.05. The quantitative estimate of drug-likeness (QED) is 0.870. The van der Waals surface area contributed by atoms with Crippen LogP contribution in [0.1, 0.15) is 5.56 Å². The number of aromatic nitrogens is 2. The van der Waals surface area contributed by atoms with Gasteiger partial charge in [-0.3, -0.25) is 0 Å². The summed E-state index contributed by atoms with van der Waals surface area (Å²) in [5.41, 5.74) is 6.47. The van der Waals surface area contributed by atoms with Crippen molar-refractivity contribution in [1.29, 1.82) is 0 Å². The molecule has 0 fully saturated rings. The number of anilines is 1. The van der Waals surface area contributed by atoms with Gasteiger partial charge >= 0.3 is 0 Å². The van der Waals surface area contributed by atoms with Gasteiger partial charge in [0.15, 0.2) is 5.82 Å². The maximum atomic E-state index is 13.2. The predicted molar refractivity (Wildman–Crippen MR) is 67.4 cm³/mol. The minimum absolute atomic E-state index is 0.123. The Morgan fingerprint density at radius 1 is 1.29 bits per heavy atom. The molecule has 0 unspecified atom stereocenters. The van der Waals surface area contributed by atoms with E-state index in [0.717, 1.165) is 5.56 Å². The number of hydrogen-bond acceptors (Lipinski definition) is 4. The SMILES string of the molecule is Nc1nccnc1SCc1ccc(Cl)c(F)c1.